The number of anilines is 1. The van der Waals surface area contributed by atoms with E-state index >= 15 is 0 Å². The largest absolute Gasteiger partial charge is 0.392 e. The van der Waals surface area contributed by atoms with Crippen molar-refractivity contribution in [1.82, 2.24) is 10.3 Å². The molecule has 5 nitrogen and oxygen atoms in total. The zero-order chi connectivity index (χ0) is 15.0. The van der Waals surface area contributed by atoms with E-state index in [1.165, 1.54) is 16.2 Å². The third-order valence-electron chi connectivity index (χ3n) is 3.42. The Morgan fingerprint density at radius 3 is 2.86 bits per heavy atom. The smallest absolute Gasteiger partial charge is 0.243 e. The van der Waals surface area contributed by atoms with Crippen LogP contribution in [0.25, 0.3) is 10.6 Å². The molecule has 0 spiro atoms. The fraction of sp³-hybridized carbons (Fsp3) is 0.429. The molecule has 2 atom stereocenters. The van der Waals surface area contributed by atoms with E-state index in [0.29, 0.717) is 18.1 Å². The van der Waals surface area contributed by atoms with E-state index in [9.17, 15) is 9.90 Å². The van der Waals surface area contributed by atoms with Crippen molar-refractivity contribution in [3.05, 3.63) is 21.9 Å². The number of nitrogens with one attached hydrogen (secondary N) is 2. The monoisotopic (exact) mass is 323 g/mol. The normalized spacial score (nSPS) is 21.7. The van der Waals surface area contributed by atoms with Crippen LogP contribution in [0, 0.1) is 13.8 Å². The number of aliphatic hydroxyl groups is 1. The van der Waals surface area contributed by atoms with Crippen molar-refractivity contribution in [2.24, 2.45) is 0 Å². The van der Waals surface area contributed by atoms with Crippen LogP contribution in [0.15, 0.2) is 12.1 Å². The van der Waals surface area contributed by atoms with E-state index in [2.05, 4.69) is 34.7 Å². The molecule has 7 heteroatoms. The number of aryl methyl sites for hydroxylation is 2. The van der Waals surface area contributed by atoms with Gasteiger partial charge in [0.2, 0.25) is 5.91 Å². The summed E-state index contributed by atoms with van der Waals surface area (Å²) in [7, 11) is 0. The number of thiophene rings is 1. The van der Waals surface area contributed by atoms with Crippen molar-refractivity contribution < 1.29 is 9.90 Å². The van der Waals surface area contributed by atoms with Crippen LogP contribution in [-0.2, 0) is 4.79 Å². The molecular formula is C14H17N3O2S2. The van der Waals surface area contributed by atoms with Gasteiger partial charge in [0.05, 0.1) is 22.7 Å². The topological polar surface area (TPSA) is 74.2 Å². The number of rotatable bonds is 3. The Morgan fingerprint density at radius 2 is 2.24 bits per heavy atom. The third-order valence-corrected chi connectivity index (χ3v) is 5.32. The Labute approximate surface area is 131 Å². The lowest BCUT2D eigenvalue weighted by Crippen LogP contribution is -2.35. The standard InChI is InChI=1S/C14H17N3O2S2/c1-7-3-4-11(20-7)12-8(2)21-14(16-12)17-13(19)10-5-9(18)6-15-10/h3-4,9-10,15,18H,5-6H2,1-2H3,(H,16,17,19)/t9-,10-/m1/s1. The predicted molar refractivity (Wildman–Crippen MR) is 85.9 cm³/mol. The van der Waals surface area contributed by atoms with Crippen molar-refractivity contribution in [1.29, 1.82) is 0 Å². The molecule has 0 bridgehead atoms. The minimum absolute atomic E-state index is 0.130. The molecule has 3 rings (SSSR count). The molecule has 2 aromatic rings. The highest BCUT2D eigenvalue weighted by Crippen LogP contribution is 2.34. The van der Waals surface area contributed by atoms with Gasteiger partial charge in [0.15, 0.2) is 5.13 Å². The Kier molecular flexibility index (Phi) is 4.08. The number of carbonyl (C=O) groups is 1. The van der Waals surface area contributed by atoms with Crippen LogP contribution in [0.3, 0.4) is 0 Å². The summed E-state index contributed by atoms with van der Waals surface area (Å²) < 4.78 is 0. The molecule has 2 aromatic heterocycles. The highest BCUT2D eigenvalue weighted by atomic mass is 32.1. The molecule has 0 saturated carbocycles. The first-order valence-electron chi connectivity index (χ1n) is 6.79. The summed E-state index contributed by atoms with van der Waals surface area (Å²) >= 11 is 3.18. The summed E-state index contributed by atoms with van der Waals surface area (Å²) in [5.41, 5.74) is 0.938. The van der Waals surface area contributed by atoms with Gasteiger partial charge in [0, 0.05) is 16.3 Å². The molecule has 1 fully saturated rings. The number of hydrogen-bond acceptors (Lipinski definition) is 6. The van der Waals surface area contributed by atoms with Crippen LogP contribution in [0.2, 0.25) is 0 Å². The second kappa shape index (κ2) is 5.84. The third kappa shape index (κ3) is 3.16. The minimum Gasteiger partial charge on any atom is -0.392 e. The lowest BCUT2D eigenvalue weighted by Gasteiger charge is -2.08. The second-order valence-electron chi connectivity index (χ2n) is 5.17. The first-order chi connectivity index (χ1) is 10.0. The van der Waals surface area contributed by atoms with Crippen LogP contribution in [0.1, 0.15) is 16.2 Å². The minimum atomic E-state index is -0.441. The van der Waals surface area contributed by atoms with E-state index < -0.39 is 6.10 Å². The van der Waals surface area contributed by atoms with E-state index in [1.54, 1.807) is 11.3 Å². The van der Waals surface area contributed by atoms with Gasteiger partial charge in [-0.3, -0.25) is 4.79 Å². The molecule has 0 unspecified atom stereocenters. The number of nitrogens with zero attached hydrogens (tertiary/aromatic N) is 1. The molecule has 21 heavy (non-hydrogen) atoms. The number of hydrogen-bond donors (Lipinski definition) is 3. The summed E-state index contributed by atoms with van der Waals surface area (Å²) in [6.45, 7) is 4.54. The van der Waals surface area contributed by atoms with Gasteiger partial charge in [0.1, 0.15) is 0 Å². The molecule has 1 amide bonds. The lowest BCUT2D eigenvalue weighted by atomic mass is 10.2. The average molecular weight is 323 g/mol. The van der Waals surface area contributed by atoms with Crippen LogP contribution >= 0.6 is 22.7 Å². The lowest BCUT2D eigenvalue weighted by molar-refractivity contribution is -0.117. The number of thiazole rings is 1. The molecule has 3 N–H and O–H groups in total. The highest BCUT2D eigenvalue weighted by Gasteiger charge is 2.28. The van der Waals surface area contributed by atoms with Gasteiger partial charge >= 0.3 is 0 Å². The Hall–Kier alpha value is -1.28. The quantitative estimate of drug-likeness (QED) is 0.809. The van der Waals surface area contributed by atoms with Crippen LogP contribution in [0.4, 0.5) is 5.13 Å². The number of aromatic nitrogens is 1. The first kappa shape index (κ1) is 14.6. The van der Waals surface area contributed by atoms with Gasteiger partial charge < -0.3 is 15.7 Å². The van der Waals surface area contributed by atoms with Crippen LogP contribution in [-0.4, -0.2) is 34.7 Å². The number of carbonyl (C=O) groups excluding carboxylic acids is 1. The second-order valence-corrected chi connectivity index (χ2v) is 7.66. The number of β-amino-alcohol motifs (C(OH)–C–C–N with tert-alkyl or cyclic N) is 1. The van der Waals surface area contributed by atoms with Crippen LogP contribution < -0.4 is 10.6 Å². The molecule has 1 aliphatic heterocycles. The van der Waals surface area contributed by atoms with Gasteiger partial charge in [-0.15, -0.1) is 22.7 Å². The molecule has 0 radical (unpaired) electrons. The maximum atomic E-state index is 12.1. The fourth-order valence-electron chi connectivity index (χ4n) is 2.35. The van der Waals surface area contributed by atoms with Crippen molar-refractivity contribution in [2.45, 2.75) is 32.4 Å². The summed E-state index contributed by atoms with van der Waals surface area (Å²) in [6, 6.07) is 3.79. The Balaban J connectivity index is 1.74. The molecule has 1 aliphatic rings. The fourth-order valence-corrected chi connectivity index (χ4v) is 4.16. The van der Waals surface area contributed by atoms with E-state index in [-0.39, 0.29) is 11.9 Å². The summed E-state index contributed by atoms with van der Waals surface area (Å²) in [5, 5.41) is 15.9. The maximum absolute atomic E-state index is 12.1. The molecule has 3 heterocycles. The van der Waals surface area contributed by atoms with Gasteiger partial charge in [0.25, 0.3) is 0 Å². The average Bonchev–Trinajstić information content (AvgIpc) is 3.11. The molecule has 0 aliphatic carbocycles. The van der Waals surface area contributed by atoms with Gasteiger partial charge in [-0.2, -0.15) is 0 Å². The Bertz CT molecular complexity index is 665. The van der Waals surface area contributed by atoms with Crippen molar-refractivity contribution in [2.75, 3.05) is 11.9 Å². The van der Waals surface area contributed by atoms with Gasteiger partial charge in [-0.05, 0) is 32.4 Å². The Morgan fingerprint density at radius 1 is 1.43 bits per heavy atom. The van der Waals surface area contributed by atoms with Gasteiger partial charge in [-0.25, -0.2) is 4.98 Å². The summed E-state index contributed by atoms with van der Waals surface area (Å²) in [6.07, 6.45) is 0.0103. The van der Waals surface area contributed by atoms with E-state index in [0.717, 1.165) is 15.4 Å². The highest BCUT2D eigenvalue weighted by molar-refractivity contribution is 7.18. The zero-order valence-corrected chi connectivity index (χ0v) is 13.5. The molecule has 112 valence electrons. The molecule has 1 saturated heterocycles. The summed E-state index contributed by atoms with van der Waals surface area (Å²) in [5.74, 6) is -0.130. The SMILES string of the molecule is Cc1ccc(-c2nc(NC(=O)[C@H]3C[C@@H](O)CN3)sc2C)s1. The number of aliphatic hydroxyl groups excluding tert-OH is 1. The molecule has 0 aromatic carbocycles. The first-order valence-corrected chi connectivity index (χ1v) is 8.43. The zero-order valence-electron chi connectivity index (χ0n) is 11.8. The number of amides is 1. The van der Waals surface area contributed by atoms with Crippen molar-refractivity contribution >= 4 is 33.7 Å². The van der Waals surface area contributed by atoms with Crippen molar-refractivity contribution in [3.63, 3.8) is 0 Å². The van der Waals surface area contributed by atoms with Gasteiger partial charge in [-0.1, -0.05) is 0 Å². The van der Waals surface area contributed by atoms with Crippen molar-refractivity contribution in [3.8, 4) is 10.6 Å². The maximum Gasteiger partial charge on any atom is 0.243 e. The predicted octanol–water partition coefficient (Wildman–Crippen LogP) is 2.15. The van der Waals surface area contributed by atoms with E-state index in [4.69, 9.17) is 0 Å². The summed E-state index contributed by atoms with van der Waals surface area (Å²) in [4.78, 5) is 20.1. The van der Waals surface area contributed by atoms with Crippen LogP contribution in [0.5, 0.6) is 0 Å². The van der Waals surface area contributed by atoms with E-state index in [1.807, 2.05) is 6.92 Å². The molecular weight excluding hydrogens is 306 g/mol.